The Balaban J connectivity index is 1.54. The van der Waals surface area contributed by atoms with Gasteiger partial charge in [-0.1, -0.05) is 18.2 Å². The lowest BCUT2D eigenvalue weighted by Crippen LogP contribution is -2.29. The molecule has 142 valence electrons. The minimum Gasteiger partial charge on any atom is -0.342 e. The minimum atomic E-state index is -0.191. The second kappa shape index (κ2) is 6.44. The smallest absolute Gasteiger partial charge is 0.280 e. The molecule has 7 nitrogen and oxygen atoms in total. The molecule has 2 N–H and O–H groups in total. The van der Waals surface area contributed by atoms with Crippen LogP contribution in [0, 0.1) is 11.3 Å². The van der Waals surface area contributed by atoms with Gasteiger partial charge in [0.05, 0.1) is 22.3 Å². The zero-order valence-corrected chi connectivity index (χ0v) is 15.4. The molecule has 2 aromatic heterocycles. The molecule has 1 saturated carbocycles. The number of carbonyl (C=O) groups is 1. The average molecular weight is 375 g/mol. The quantitative estimate of drug-likeness (QED) is 0.686. The Morgan fingerprint density at radius 3 is 2.68 bits per heavy atom. The number of hydrogen-bond donors (Lipinski definition) is 2. The van der Waals surface area contributed by atoms with Crippen LogP contribution in [0.2, 0.25) is 0 Å². The van der Waals surface area contributed by atoms with Crippen LogP contribution in [0.3, 0.4) is 0 Å². The molecular formula is C21H21N5O2. The number of aromatic nitrogens is 3. The first kappa shape index (κ1) is 16.9. The summed E-state index contributed by atoms with van der Waals surface area (Å²) in [4.78, 5) is 31.9. The van der Waals surface area contributed by atoms with E-state index in [0.29, 0.717) is 16.5 Å². The molecule has 7 heteroatoms. The van der Waals surface area contributed by atoms with E-state index in [1.54, 1.807) is 6.20 Å². The zero-order valence-electron chi connectivity index (χ0n) is 15.4. The molecule has 0 spiro atoms. The average Bonchev–Trinajstić information content (AvgIpc) is 3.17. The predicted molar refractivity (Wildman–Crippen MR) is 106 cm³/mol. The molecule has 2 aliphatic rings. The fourth-order valence-corrected chi connectivity index (χ4v) is 4.25. The van der Waals surface area contributed by atoms with E-state index in [-0.39, 0.29) is 23.3 Å². The molecule has 2 fully saturated rings. The van der Waals surface area contributed by atoms with Crippen molar-refractivity contribution in [3.8, 4) is 5.69 Å². The maximum Gasteiger partial charge on any atom is 0.280 e. The first-order valence-electron chi connectivity index (χ1n) is 9.67. The van der Waals surface area contributed by atoms with Crippen molar-refractivity contribution in [1.82, 2.24) is 19.7 Å². The van der Waals surface area contributed by atoms with Crippen molar-refractivity contribution in [3.05, 3.63) is 58.1 Å². The van der Waals surface area contributed by atoms with E-state index in [4.69, 9.17) is 5.41 Å². The summed E-state index contributed by atoms with van der Waals surface area (Å²) in [6.07, 6.45) is 5.73. The number of aromatic amines is 1. The third-order valence-corrected chi connectivity index (χ3v) is 5.84. The SMILES string of the molecule is N=Cc1c(C2CC2C(=O)N2CCCC2)ncc2c(=O)n(-c3ccccc3)[nH]c12. The maximum absolute atomic E-state index is 12.8. The number of nitrogens with zero attached hydrogens (tertiary/aromatic N) is 3. The highest BCUT2D eigenvalue weighted by Crippen LogP contribution is 2.49. The van der Waals surface area contributed by atoms with Gasteiger partial charge in [-0.3, -0.25) is 19.7 Å². The van der Waals surface area contributed by atoms with Crippen molar-refractivity contribution >= 4 is 23.0 Å². The number of pyridine rings is 1. The largest absolute Gasteiger partial charge is 0.342 e. The highest BCUT2D eigenvalue weighted by atomic mass is 16.2. The molecular weight excluding hydrogens is 354 g/mol. The lowest BCUT2D eigenvalue weighted by Gasteiger charge is -2.15. The van der Waals surface area contributed by atoms with Gasteiger partial charge in [-0.15, -0.1) is 0 Å². The number of amides is 1. The minimum absolute atomic E-state index is 0.0256. The van der Waals surface area contributed by atoms with E-state index in [2.05, 4.69) is 10.1 Å². The molecule has 2 atom stereocenters. The first-order chi connectivity index (χ1) is 13.7. The molecule has 3 heterocycles. The Bertz CT molecular complexity index is 1120. The van der Waals surface area contributed by atoms with Crippen molar-refractivity contribution in [3.63, 3.8) is 0 Å². The van der Waals surface area contributed by atoms with Gasteiger partial charge >= 0.3 is 0 Å². The monoisotopic (exact) mass is 375 g/mol. The van der Waals surface area contributed by atoms with Gasteiger partial charge in [-0.2, -0.15) is 0 Å². The summed E-state index contributed by atoms with van der Waals surface area (Å²) in [5.74, 6) is 0.179. The maximum atomic E-state index is 12.8. The topological polar surface area (TPSA) is 94.8 Å². The molecule has 0 radical (unpaired) electrons. The number of nitrogens with one attached hydrogen (secondary N) is 2. The van der Waals surface area contributed by atoms with Crippen molar-refractivity contribution in [1.29, 1.82) is 5.41 Å². The number of para-hydroxylation sites is 1. The van der Waals surface area contributed by atoms with Crippen molar-refractivity contribution < 1.29 is 4.79 Å². The van der Waals surface area contributed by atoms with Crippen LogP contribution < -0.4 is 5.56 Å². The molecule has 1 aromatic carbocycles. The first-order valence-corrected chi connectivity index (χ1v) is 9.67. The van der Waals surface area contributed by atoms with E-state index < -0.39 is 0 Å². The summed E-state index contributed by atoms with van der Waals surface area (Å²) in [6, 6.07) is 9.33. The molecule has 1 amide bonds. The van der Waals surface area contributed by atoms with Gasteiger partial charge in [0.2, 0.25) is 5.91 Å². The highest BCUT2D eigenvalue weighted by molar-refractivity contribution is 5.98. The fraction of sp³-hybridized carbons (Fsp3) is 0.333. The van der Waals surface area contributed by atoms with Crippen LogP contribution in [0.15, 0.2) is 41.3 Å². The number of likely N-dealkylation sites (tertiary alicyclic amines) is 1. The predicted octanol–water partition coefficient (Wildman–Crippen LogP) is 2.44. The van der Waals surface area contributed by atoms with Gasteiger partial charge in [0.15, 0.2) is 0 Å². The van der Waals surface area contributed by atoms with Crippen molar-refractivity contribution in [2.24, 2.45) is 5.92 Å². The van der Waals surface area contributed by atoms with E-state index in [1.807, 2.05) is 35.2 Å². The van der Waals surface area contributed by atoms with Gasteiger partial charge in [0.1, 0.15) is 0 Å². The zero-order chi connectivity index (χ0) is 19.3. The molecule has 2 unspecified atom stereocenters. The summed E-state index contributed by atoms with van der Waals surface area (Å²) in [7, 11) is 0. The van der Waals surface area contributed by atoms with Gasteiger partial charge < -0.3 is 10.3 Å². The number of benzene rings is 1. The van der Waals surface area contributed by atoms with Gasteiger partial charge in [0.25, 0.3) is 5.56 Å². The number of hydrogen-bond acceptors (Lipinski definition) is 4. The number of fused-ring (bicyclic) bond motifs is 1. The Hall–Kier alpha value is -3.22. The molecule has 5 rings (SSSR count). The van der Waals surface area contributed by atoms with Gasteiger partial charge in [-0.25, -0.2) is 4.68 Å². The van der Waals surface area contributed by atoms with E-state index in [1.165, 1.54) is 10.9 Å². The molecule has 1 aliphatic carbocycles. The Morgan fingerprint density at radius 2 is 1.96 bits per heavy atom. The Morgan fingerprint density at radius 1 is 1.21 bits per heavy atom. The highest BCUT2D eigenvalue weighted by Gasteiger charge is 2.48. The normalized spacial score (nSPS) is 21.2. The number of H-pyrrole nitrogens is 1. The van der Waals surface area contributed by atoms with Crippen LogP contribution in [-0.4, -0.2) is 44.9 Å². The second-order valence-corrected chi connectivity index (χ2v) is 7.56. The lowest BCUT2D eigenvalue weighted by molar-refractivity contribution is -0.131. The summed E-state index contributed by atoms with van der Waals surface area (Å²) in [5.41, 5.74) is 2.49. The number of rotatable bonds is 4. The Kier molecular flexibility index (Phi) is 3.89. The van der Waals surface area contributed by atoms with Crippen LogP contribution in [0.25, 0.3) is 16.6 Å². The molecule has 3 aromatic rings. The van der Waals surface area contributed by atoms with Crippen LogP contribution in [0.4, 0.5) is 0 Å². The van der Waals surface area contributed by atoms with E-state index >= 15 is 0 Å². The van der Waals surface area contributed by atoms with Crippen LogP contribution in [0.5, 0.6) is 0 Å². The summed E-state index contributed by atoms with van der Waals surface area (Å²) in [5, 5.41) is 11.5. The molecule has 0 bridgehead atoms. The molecule has 1 aliphatic heterocycles. The summed E-state index contributed by atoms with van der Waals surface area (Å²) >= 11 is 0. The summed E-state index contributed by atoms with van der Waals surface area (Å²) in [6.45, 7) is 1.69. The lowest BCUT2D eigenvalue weighted by atomic mass is 10.1. The summed E-state index contributed by atoms with van der Waals surface area (Å²) < 4.78 is 1.48. The standard InChI is InChI=1S/C21H21N5O2/c22-11-16-18(14-10-15(14)20(27)25-8-4-5-9-25)23-12-17-19(16)24-26(21(17)28)13-6-2-1-3-7-13/h1-3,6-7,11-12,14-15,22,24H,4-5,8-10H2. The molecule has 28 heavy (non-hydrogen) atoms. The van der Waals surface area contributed by atoms with E-state index in [9.17, 15) is 9.59 Å². The van der Waals surface area contributed by atoms with Crippen molar-refractivity contribution in [2.45, 2.75) is 25.2 Å². The van der Waals surface area contributed by atoms with Crippen molar-refractivity contribution in [2.75, 3.05) is 13.1 Å². The van der Waals surface area contributed by atoms with Gasteiger partial charge in [-0.05, 0) is 31.4 Å². The van der Waals surface area contributed by atoms with Crippen LogP contribution >= 0.6 is 0 Å². The third kappa shape index (κ3) is 2.58. The Labute approximate surface area is 161 Å². The third-order valence-electron chi connectivity index (χ3n) is 5.84. The van der Waals surface area contributed by atoms with Crippen LogP contribution in [-0.2, 0) is 4.79 Å². The van der Waals surface area contributed by atoms with E-state index in [0.717, 1.165) is 43.7 Å². The van der Waals surface area contributed by atoms with Gasteiger partial charge in [0, 0.05) is 42.9 Å². The number of carbonyl (C=O) groups excluding carboxylic acids is 1. The van der Waals surface area contributed by atoms with Crippen LogP contribution in [0.1, 0.15) is 36.4 Å². The fourth-order valence-electron chi connectivity index (χ4n) is 4.25. The second-order valence-electron chi connectivity index (χ2n) is 7.56. The molecule has 1 saturated heterocycles.